The normalized spacial score (nSPS) is 10.7. The summed E-state index contributed by atoms with van der Waals surface area (Å²) in [6.07, 6.45) is 1.72. The molecule has 0 unspecified atom stereocenters. The Kier molecular flexibility index (Phi) is 3.53. The molecule has 3 aromatic rings. The number of primary amides is 1. The van der Waals surface area contributed by atoms with Gasteiger partial charge in [0.05, 0.1) is 10.6 Å². The first-order valence-electron chi connectivity index (χ1n) is 6.20. The number of carbonyl (C=O) groups is 1. The highest BCUT2D eigenvalue weighted by Crippen LogP contribution is 2.25. The molecule has 3 rings (SSSR count). The number of furan rings is 1. The van der Waals surface area contributed by atoms with E-state index < -0.39 is 5.91 Å². The Labute approximate surface area is 124 Å². The van der Waals surface area contributed by atoms with E-state index in [2.05, 4.69) is 4.98 Å². The highest BCUT2D eigenvalue weighted by molar-refractivity contribution is 7.10. The standard InChI is InChI=1S/C15H11FN2O2S/c16-11-4-2-1-3-9(11)6-14-18-12(8-21-14)13-5-10(7-20-13)15(17)19/h1-5,7-8H,6H2,(H2,17,19). The topological polar surface area (TPSA) is 69.1 Å². The minimum Gasteiger partial charge on any atom is -0.462 e. The van der Waals surface area contributed by atoms with Crippen molar-refractivity contribution in [1.82, 2.24) is 4.98 Å². The van der Waals surface area contributed by atoms with Gasteiger partial charge in [0.2, 0.25) is 0 Å². The number of thiazole rings is 1. The van der Waals surface area contributed by atoms with E-state index >= 15 is 0 Å². The van der Waals surface area contributed by atoms with Gasteiger partial charge in [0.15, 0.2) is 5.76 Å². The zero-order chi connectivity index (χ0) is 14.8. The Morgan fingerprint density at radius 3 is 2.90 bits per heavy atom. The highest BCUT2D eigenvalue weighted by Gasteiger charge is 2.12. The lowest BCUT2D eigenvalue weighted by atomic mass is 10.1. The summed E-state index contributed by atoms with van der Waals surface area (Å²) in [5, 5.41) is 2.58. The third-order valence-corrected chi connectivity index (χ3v) is 3.84. The van der Waals surface area contributed by atoms with Crippen LogP contribution in [0.3, 0.4) is 0 Å². The maximum absolute atomic E-state index is 13.6. The Morgan fingerprint density at radius 1 is 1.38 bits per heavy atom. The molecule has 4 nitrogen and oxygen atoms in total. The van der Waals surface area contributed by atoms with Gasteiger partial charge in [-0.2, -0.15) is 0 Å². The average molecular weight is 302 g/mol. The molecule has 21 heavy (non-hydrogen) atoms. The summed E-state index contributed by atoms with van der Waals surface area (Å²) in [6.45, 7) is 0. The van der Waals surface area contributed by atoms with Gasteiger partial charge in [0.1, 0.15) is 17.8 Å². The lowest BCUT2D eigenvalue weighted by molar-refractivity contribution is 0.0999. The fraction of sp³-hybridized carbons (Fsp3) is 0.0667. The minimum atomic E-state index is -0.549. The maximum atomic E-state index is 13.6. The first kappa shape index (κ1) is 13.5. The van der Waals surface area contributed by atoms with Crippen molar-refractivity contribution in [1.29, 1.82) is 0 Å². The van der Waals surface area contributed by atoms with E-state index in [1.165, 1.54) is 23.7 Å². The summed E-state index contributed by atoms with van der Waals surface area (Å²) in [6, 6.07) is 8.15. The monoisotopic (exact) mass is 302 g/mol. The van der Waals surface area contributed by atoms with Crippen molar-refractivity contribution in [2.24, 2.45) is 5.73 Å². The third-order valence-electron chi connectivity index (χ3n) is 2.99. The molecule has 0 spiro atoms. The van der Waals surface area contributed by atoms with Crippen molar-refractivity contribution >= 4 is 17.2 Å². The molecule has 0 saturated heterocycles. The number of nitrogens with two attached hydrogens (primary N) is 1. The molecule has 0 saturated carbocycles. The quantitative estimate of drug-likeness (QED) is 0.804. The molecular formula is C15H11FN2O2S. The van der Waals surface area contributed by atoms with Gasteiger partial charge in [-0.1, -0.05) is 18.2 Å². The molecule has 2 heterocycles. The number of aromatic nitrogens is 1. The van der Waals surface area contributed by atoms with E-state index in [1.54, 1.807) is 29.6 Å². The van der Waals surface area contributed by atoms with Crippen molar-refractivity contribution in [3.8, 4) is 11.5 Å². The van der Waals surface area contributed by atoms with Gasteiger partial charge in [0, 0.05) is 11.8 Å². The molecule has 2 aromatic heterocycles. The number of benzene rings is 1. The predicted octanol–water partition coefficient (Wildman–Crippen LogP) is 3.23. The van der Waals surface area contributed by atoms with Gasteiger partial charge in [-0.3, -0.25) is 4.79 Å². The average Bonchev–Trinajstić information content (AvgIpc) is 3.10. The van der Waals surface area contributed by atoms with Crippen LogP contribution < -0.4 is 5.73 Å². The molecule has 106 valence electrons. The predicted molar refractivity (Wildman–Crippen MR) is 77.5 cm³/mol. The van der Waals surface area contributed by atoms with Crippen LogP contribution in [0.4, 0.5) is 4.39 Å². The van der Waals surface area contributed by atoms with E-state index in [-0.39, 0.29) is 5.82 Å². The number of carbonyl (C=O) groups excluding carboxylic acids is 1. The van der Waals surface area contributed by atoms with Gasteiger partial charge in [-0.05, 0) is 17.7 Å². The summed E-state index contributed by atoms with van der Waals surface area (Å²) in [7, 11) is 0. The summed E-state index contributed by atoms with van der Waals surface area (Å²) >= 11 is 1.41. The van der Waals surface area contributed by atoms with Crippen molar-refractivity contribution in [2.75, 3.05) is 0 Å². The Hall–Kier alpha value is -2.47. The second-order valence-corrected chi connectivity index (χ2v) is 5.40. The van der Waals surface area contributed by atoms with Gasteiger partial charge < -0.3 is 10.2 Å². The maximum Gasteiger partial charge on any atom is 0.251 e. The Morgan fingerprint density at radius 2 is 2.19 bits per heavy atom. The first-order valence-corrected chi connectivity index (χ1v) is 7.08. The molecule has 0 aliphatic heterocycles. The van der Waals surface area contributed by atoms with Crippen LogP contribution in [-0.2, 0) is 6.42 Å². The Bertz CT molecular complexity index is 794. The number of rotatable bonds is 4. The summed E-state index contributed by atoms with van der Waals surface area (Å²) in [4.78, 5) is 15.4. The molecule has 2 N–H and O–H groups in total. The van der Waals surface area contributed by atoms with Crippen LogP contribution in [0.2, 0.25) is 0 Å². The summed E-state index contributed by atoms with van der Waals surface area (Å²) < 4.78 is 18.9. The van der Waals surface area contributed by atoms with Crippen molar-refractivity contribution in [3.63, 3.8) is 0 Å². The first-order chi connectivity index (χ1) is 10.1. The molecule has 0 aliphatic carbocycles. The van der Waals surface area contributed by atoms with Crippen LogP contribution >= 0.6 is 11.3 Å². The summed E-state index contributed by atoms with van der Waals surface area (Å²) in [5.74, 6) is -0.324. The molecule has 0 radical (unpaired) electrons. The molecular weight excluding hydrogens is 291 g/mol. The second-order valence-electron chi connectivity index (χ2n) is 4.46. The molecule has 0 aliphatic rings. The molecule has 0 fully saturated rings. The van der Waals surface area contributed by atoms with Crippen LogP contribution in [-0.4, -0.2) is 10.9 Å². The van der Waals surface area contributed by atoms with Crippen molar-refractivity contribution in [2.45, 2.75) is 6.42 Å². The van der Waals surface area contributed by atoms with Crippen LogP contribution in [0, 0.1) is 5.82 Å². The number of amides is 1. The molecule has 1 aromatic carbocycles. The zero-order valence-electron chi connectivity index (χ0n) is 10.9. The minimum absolute atomic E-state index is 0.247. The molecule has 1 amide bonds. The SMILES string of the molecule is NC(=O)c1coc(-c2csc(Cc3ccccc3F)n2)c1. The number of halogens is 1. The number of hydrogen-bond donors (Lipinski definition) is 1. The molecule has 0 atom stereocenters. The molecule has 6 heteroatoms. The van der Waals surface area contributed by atoms with Crippen LogP contribution in [0.25, 0.3) is 11.5 Å². The van der Waals surface area contributed by atoms with Gasteiger partial charge in [0.25, 0.3) is 5.91 Å². The number of nitrogens with zero attached hydrogens (tertiary/aromatic N) is 1. The van der Waals surface area contributed by atoms with E-state index in [4.69, 9.17) is 10.2 Å². The van der Waals surface area contributed by atoms with E-state index in [0.29, 0.717) is 29.0 Å². The van der Waals surface area contributed by atoms with Crippen LogP contribution in [0.5, 0.6) is 0 Å². The number of hydrogen-bond acceptors (Lipinski definition) is 4. The van der Waals surface area contributed by atoms with Crippen molar-refractivity contribution < 1.29 is 13.6 Å². The van der Waals surface area contributed by atoms with Crippen LogP contribution in [0.15, 0.2) is 46.4 Å². The molecule has 0 bridgehead atoms. The van der Waals surface area contributed by atoms with E-state index in [1.807, 2.05) is 0 Å². The Balaban J connectivity index is 1.83. The lowest BCUT2D eigenvalue weighted by Crippen LogP contribution is -2.09. The summed E-state index contributed by atoms with van der Waals surface area (Å²) in [5.41, 5.74) is 6.67. The van der Waals surface area contributed by atoms with Gasteiger partial charge in [-0.15, -0.1) is 11.3 Å². The lowest BCUT2D eigenvalue weighted by Gasteiger charge is -1.99. The van der Waals surface area contributed by atoms with Gasteiger partial charge in [-0.25, -0.2) is 9.37 Å². The van der Waals surface area contributed by atoms with Crippen LogP contribution in [0.1, 0.15) is 20.9 Å². The highest BCUT2D eigenvalue weighted by atomic mass is 32.1. The van der Waals surface area contributed by atoms with Gasteiger partial charge >= 0.3 is 0 Å². The largest absolute Gasteiger partial charge is 0.462 e. The third kappa shape index (κ3) is 2.85. The van der Waals surface area contributed by atoms with E-state index in [9.17, 15) is 9.18 Å². The smallest absolute Gasteiger partial charge is 0.251 e. The fourth-order valence-electron chi connectivity index (χ4n) is 1.91. The zero-order valence-corrected chi connectivity index (χ0v) is 11.7. The second kappa shape index (κ2) is 5.49. The fourth-order valence-corrected chi connectivity index (χ4v) is 2.72. The van der Waals surface area contributed by atoms with E-state index in [0.717, 1.165) is 5.01 Å². The van der Waals surface area contributed by atoms with Crippen molar-refractivity contribution in [3.05, 3.63) is 63.9 Å².